The lowest BCUT2D eigenvalue weighted by Gasteiger charge is -2.30. The molecule has 3 heteroatoms. The van der Waals surface area contributed by atoms with Crippen LogP contribution in [-0.2, 0) is 0 Å². The van der Waals surface area contributed by atoms with E-state index in [-0.39, 0.29) is 0 Å². The van der Waals surface area contributed by atoms with E-state index in [1.54, 1.807) is 10.4 Å². The second-order valence-electron chi connectivity index (χ2n) is 7.18. The highest BCUT2D eigenvalue weighted by molar-refractivity contribution is 7.02. The Morgan fingerprint density at radius 1 is 0.696 bits per heavy atom. The quantitative estimate of drug-likeness (QED) is 0.797. The van der Waals surface area contributed by atoms with Crippen LogP contribution in [0.2, 0.25) is 12.1 Å². The fourth-order valence-corrected chi connectivity index (χ4v) is 9.01. The predicted molar refractivity (Wildman–Crippen MR) is 105 cm³/mol. The van der Waals surface area contributed by atoms with Crippen LogP contribution in [0.3, 0.4) is 0 Å². The van der Waals surface area contributed by atoms with Gasteiger partial charge in [-0.3, -0.25) is 0 Å². The van der Waals surface area contributed by atoms with Crippen molar-refractivity contribution in [2.75, 3.05) is 38.0 Å². The summed E-state index contributed by atoms with van der Waals surface area (Å²) in [7, 11) is 6.94. The number of hydrogen-bond acceptors (Lipinski definition) is 2. The lowest BCUT2D eigenvalue weighted by Crippen LogP contribution is -2.56. The normalized spacial score (nSPS) is 16.3. The fraction of sp³-hybridized carbons (Fsp3) is 0.400. The van der Waals surface area contributed by atoms with Gasteiger partial charge in [-0.05, 0) is 36.4 Å². The van der Waals surface area contributed by atoms with Crippen LogP contribution in [0.1, 0.15) is 12.8 Å². The molecule has 3 rings (SSSR count). The Kier molecular flexibility index (Phi) is 4.49. The summed E-state index contributed by atoms with van der Waals surface area (Å²) in [6.07, 6.45) is 2.76. The molecule has 0 unspecified atom stereocenters. The van der Waals surface area contributed by atoms with Crippen LogP contribution in [0.15, 0.2) is 48.5 Å². The van der Waals surface area contributed by atoms with Gasteiger partial charge in [-0.1, -0.05) is 47.5 Å². The smallest absolute Gasteiger partial charge is 0.118 e. The molecule has 1 aliphatic rings. The Morgan fingerprint density at radius 3 is 1.52 bits per heavy atom. The molecule has 23 heavy (non-hydrogen) atoms. The van der Waals surface area contributed by atoms with Crippen LogP contribution in [0.4, 0.5) is 11.4 Å². The number of anilines is 2. The molecule has 0 aliphatic carbocycles. The Labute approximate surface area is 141 Å². The molecule has 0 amide bonds. The molecule has 0 N–H and O–H groups in total. The zero-order chi connectivity index (χ0) is 16.4. The zero-order valence-corrected chi connectivity index (χ0v) is 15.8. The molecule has 0 atom stereocenters. The molecule has 1 heterocycles. The van der Waals surface area contributed by atoms with Gasteiger partial charge in [-0.15, -0.1) is 0 Å². The largest absolute Gasteiger partial charge is 0.378 e. The standard InChI is InChI=1S/C20H28N2Si/c1-21(2)17-9-7-11-19(15-17)23(13-5-6-14-23)20-12-8-10-18(16-20)22(3)4/h7-12,15-16H,5-6,13-14H2,1-4H3. The zero-order valence-electron chi connectivity index (χ0n) is 14.8. The van der Waals surface area contributed by atoms with Crippen LogP contribution in [0.5, 0.6) is 0 Å². The van der Waals surface area contributed by atoms with Crippen molar-refractivity contribution in [3.63, 3.8) is 0 Å². The van der Waals surface area contributed by atoms with E-state index in [1.807, 2.05) is 0 Å². The average Bonchev–Trinajstić information content (AvgIpc) is 3.06. The van der Waals surface area contributed by atoms with Crippen LogP contribution in [-0.4, -0.2) is 36.3 Å². The maximum Gasteiger partial charge on any atom is 0.118 e. The van der Waals surface area contributed by atoms with Gasteiger partial charge in [0, 0.05) is 39.6 Å². The van der Waals surface area contributed by atoms with Crippen LogP contribution in [0, 0.1) is 0 Å². The fourth-order valence-electron chi connectivity index (χ4n) is 3.89. The second kappa shape index (κ2) is 6.40. The van der Waals surface area contributed by atoms with Crippen molar-refractivity contribution in [2.45, 2.75) is 24.9 Å². The number of rotatable bonds is 4. The van der Waals surface area contributed by atoms with Gasteiger partial charge in [0.2, 0.25) is 0 Å². The van der Waals surface area contributed by atoms with Gasteiger partial charge in [0.25, 0.3) is 0 Å². The minimum absolute atomic E-state index is 1.32. The molecule has 0 radical (unpaired) electrons. The molecule has 2 aromatic rings. The van der Waals surface area contributed by atoms with Crippen molar-refractivity contribution in [1.82, 2.24) is 0 Å². The van der Waals surface area contributed by atoms with E-state index < -0.39 is 8.07 Å². The average molecular weight is 325 g/mol. The summed E-state index contributed by atoms with van der Waals surface area (Å²) in [5.41, 5.74) is 2.65. The minimum Gasteiger partial charge on any atom is -0.378 e. The third-order valence-corrected chi connectivity index (χ3v) is 10.5. The van der Waals surface area contributed by atoms with Crippen LogP contribution < -0.4 is 20.2 Å². The first-order chi connectivity index (χ1) is 11.0. The highest BCUT2D eigenvalue weighted by atomic mass is 28.3. The summed E-state index contributed by atoms with van der Waals surface area (Å²) < 4.78 is 0. The first-order valence-electron chi connectivity index (χ1n) is 8.59. The van der Waals surface area contributed by atoms with Gasteiger partial charge in [-0.2, -0.15) is 0 Å². The molecule has 0 saturated carbocycles. The highest BCUT2D eigenvalue weighted by Crippen LogP contribution is 2.31. The van der Waals surface area contributed by atoms with Crippen molar-refractivity contribution in [3.8, 4) is 0 Å². The Bertz CT molecular complexity index is 619. The van der Waals surface area contributed by atoms with Crippen LogP contribution in [0.25, 0.3) is 0 Å². The third kappa shape index (κ3) is 3.02. The van der Waals surface area contributed by atoms with E-state index in [9.17, 15) is 0 Å². The molecule has 0 spiro atoms. The van der Waals surface area contributed by atoms with Crippen molar-refractivity contribution in [1.29, 1.82) is 0 Å². The van der Waals surface area contributed by atoms with E-state index in [1.165, 1.54) is 36.3 Å². The number of benzene rings is 2. The molecule has 0 aromatic heterocycles. The lowest BCUT2D eigenvalue weighted by atomic mass is 10.3. The molecule has 2 aromatic carbocycles. The summed E-state index contributed by atoms with van der Waals surface area (Å²) in [5, 5.41) is 3.22. The van der Waals surface area contributed by atoms with E-state index in [2.05, 4.69) is 86.5 Å². The summed E-state index contributed by atoms with van der Waals surface area (Å²) in [5.74, 6) is 0. The van der Waals surface area contributed by atoms with E-state index >= 15 is 0 Å². The number of hydrogen-bond donors (Lipinski definition) is 0. The molecule has 1 aliphatic heterocycles. The first-order valence-corrected chi connectivity index (χ1v) is 11.0. The predicted octanol–water partition coefficient (Wildman–Crippen LogP) is 3.18. The summed E-state index contributed by atoms with van der Waals surface area (Å²) >= 11 is 0. The molecule has 1 saturated heterocycles. The van der Waals surface area contributed by atoms with Crippen molar-refractivity contribution in [2.24, 2.45) is 0 Å². The maximum atomic E-state index is 2.44. The lowest BCUT2D eigenvalue weighted by molar-refractivity contribution is 0.935. The molecule has 2 nitrogen and oxygen atoms in total. The van der Waals surface area contributed by atoms with Crippen molar-refractivity contribution in [3.05, 3.63) is 48.5 Å². The van der Waals surface area contributed by atoms with Crippen molar-refractivity contribution < 1.29 is 0 Å². The van der Waals surface area contributed by atoms with Gasteiger partial charge in [0.15, 0.2) is 0 Å². The van der Waals surface area contributed by atoms with Gasteiger partial charge in [-0.25, -0.2) is 0 Å². The molecule has 122 valence electrons. The van der Waals surface area contributed by atoms with Crippen LogP contribution >= 0.6 is 0 Å². The molecular formula is C20H28N2Si. The van der Waals surface area contributed by atoms with Gasteiger partial charge < -0.3 is 9.80 Å². The van der Waals surface area contributed by atoms with Gasteiger partial charge >= 0.3 is 0 Å². The molecule has 1 fully saturated rings. The molecular weight excluding hydrogens is 296 g/mol. The Morgan fingerprint density at radius 2 is 1.13 bits per heavy atom. The second-order valence-corrected chi connectivity index (χ2v) is 11.5. The van der Waals surface area contributed by atoms with E-state index in [4.69, 9.17) is 0 Å². The maximum absolute atomic E-state index is 2.44. The summed E-state index contributed by atoms with van der Waals surface area (Å²) in [6, 6.07) is 21.4. The molecule has 0 bridgehead atoms. The monoisotopic (exact) mass is 324 g/mol. The SMILES string of the molecule is CN(C)c1cccc([Si]2(c3cccc(N(C)C)c3)CCCC2)c1. The van der Waals surface area contributed by atoms with Gasteiger partial charge in [0.1, 0.15) is 8.07 Å². The van der Waals surface area contributed by atoms with Gasteiger partial charge in [0.05, 0.1) is 0 Å². The topological polar surface area (TPSA) is 6.48 Å². The number of nitrogens with zero attached hydrogens (tertiary/aromatic N) is 2. The Hall–Kier alpha value is -1.74. The van der Waals surface area contributed by atoms with Crippen molar-refractivity contribution >= 4 is 29.8 Å². The minimum atomic E-state index is -1.59. The van der Waals surface area contributed by atoms with E-state index in [0.717, 1.165) is 0 Å². The van der Waals surface area contributed by atoms with E-state index in [0.29, 0.717) is 0 Å². The highest BCUT2D eigenvalue weighted by Gasteiger charge is 2.40. The Balaban J connectivity index is 2.10. The summed E-state index contributed by atoms with van der Waals surface area (Å²) in [4.78, 5) is 4.44. The summed E-state index contributed by atoms with van der Waals surface area (Å²) in [6.45, 7) is 0. The first kappa shape index (κ1) is 16.1. The third-order valence-electron chi connectivity index (χ3n) is 5.29.